The van der Waals surface area contributed by atoms with Gasteiger partial charge in [-0.25, -0.2) is 14.4 Å². The molecular weight excluding hydrogens is 457 g/mol. The lowest BCUT2D eigenvalue weighted by Gasteiger charge is -2.29. The van der Waals surface area contributed by atoms with Crippen LogP contribution in [0.2, 0.25) is 0 Å². The van der Waals surface area contributed by atoms with E-state index in [-0.39, 0.29) is 11.9 Å². The van der Waals surface area contributed by atoms with Gasteiger partial charge in [-0.2, -0.15) is 0 Å². The summed E-state index contributed by atoms with van der Waals surface area (Å²) in [4.78, 5) is 10.6. The van der Waals surface area contributed by atoms with Gasteiger partial charge in [0.1, 0.15) is 22.2 Å². The highest BCUT2D eigenvalue weighted by Gasteiger charge is 2.36. The van der Waals surface area contributed by atoms with Crippen molar-refractivity contribution >= 4 is 17.0 Å². The Bertz CT molecular complexity index is 1270. The molecule has 2 aromatic carbocycles. The zero-order valence-electron chi connectivity index (χ0n) is 19.9. The molecule has 3 aromatic rings. The molecule has 2 N–H and O–H groups in total. The summed E-state index contributed by atoms with van der Waals surface area (Å²) in [5, 5.41) is 15.6. The van der Waals surface area contributed by atoms with Crippen LogP contribution in [0.25, 0.3) is 11.3 Å². The molecule has 1 saturated carbocycles. The average molecular weight is 488 g/mol. The minimum Gasteiger partial charge on any atom is -0.383 e. The van der Waals surface area contributed by atoms with Crippen molar-refractivity contribution < 1.29 is 9.50 Å². The van der Waals surface area contributed by atoms with Crippen LogP contribution in [0.3, 0.4) is 0 Å². The van der Waals surface area contributed by atoms with E-state index in [2.05, 4.69) is 36.5 Å². The number of nitrogens with one attached hydrogen (secondary N) is 1. The van der Waals surface area contributed by atoms with Crippen LogP contribution in [0.15, 0.2) is 83.6 Å². The van der Waals surface area contributed by atoms with E-state index in [4.69, 9.17) is 9.98 Å². The molecule has 1 aliphatic carbocycles. The van der Waals surface area contributed by atoms with Crippen molar-refractivity contribution in [3.05, 3.63) is 99.9 Å². The van der Waals surface area contributed by atoms with Gasteiger partial charge in [-0.1, -0.05) is 67.8 Å². The van der Waals surface area contributed by atoms with E-state index >= 15 is 0 Å². The number of halogens is 1. The van der Waals surface area contributed by atoms with Crippen molar-refractivity contribution in [1.29, 1.82) is 0 Å². The van der Waals surface area contributed by atoms with Crippen LogP contribution in [0, 0.1) is 5.82 Å². The van der Waals surface area contributed by atoms with Gasteiger partial charge in [0.2, 0.25) is 0 Å². The second-order valence-electron chi connectivity index (χ2n) is 9.27. The molecule has 6 heteroatoms. The SMILES string of the molecule is C[C@H](NC1=CCC=CC(c2sc(C3(O)CCCCC3)nc2-c2ccccc2F)=N1)c1ccccc1. The van der Waals surface area contributed by atoms with Gasteiger partial charge < -0.3 is 10.4 Å². The number of allylic oxidation sites excluding steroid dienone is 3. The van der Waals surface area contributed by atoms with E-state index in [0.717, 1.165) is 42.1 Å². The van der Waals surface area contributed by atoms with Crippen LogP contribution in [0.4, 0.5) is 4.39 Å². The first kappa shape index (κ1) is 23.6. The molecule has 0 saturated heterocycles. The molecule has 5 rings (SSSR count). The highest BCUT2D eigenvalue weighted by Crippen LogP contribution is 2.42. The fraction of sp³-hybridized carbons (Fsp3) is 0.310. The third kappa shape index (κ3) is 5.14. The molecule has 2 heterocycles. The summed E-state index contributed by atoms with van der Waals surface area (Å²) in [7, 11) is 0. The fourth-order valence-electron chi connectivity index (χ4n) is 4.72. The fourth-order valence-corrected chi connectivity index (χ4v) is 5.91. The summed E-state index contributed by atoms with van der Waals surface area (Å²) in [5.74, 6) is 0.443. The summed E-state index contributed by atoms with van der Waals surface area (Å²) >= 11 is 1.44. The first-order chi connectivity index (χ1) is 17.0. The summed E-state index contributed by atoms with van der Waals surface area (Å²) in [6.45, 7) is 2.11. The Morgan fingerprint density at radius 2 is 1.77 bits per heavy atom. The molecule has 0 spiro atoms. The molecule has 4 nitrogen and oxygen atoms in total. The van der Waals surface area contributed by atoms with E-state index in [1.807, 2.05) is 30.3 Å². The third-order valence-electron chi connectivity index (χ3n) is 6.70. The Morgan fingerprint density at radius 1 is 1.03 bits per heavy atom. The monoisotopic (exact) mass is 487 g/mol. The van der Waals surface area contributed by atoms with Crippen molar-refractivity contribution in [1.82, 2.24) is 10.3 Å². The maximum atomic E-state index is 14.9. The summed E-state index contributed by atoms with van der Waals surface area (Å²) in [6.07, 6.45) is 11.2. The quantitative estimate of drug-likeness (QED) is 0.392. The number of rotatable bonds is 6. The van der Waals surface area contributed by atoms with Crippen LogP contribution in [-0.4, -0.2) is 15.8 Å². The average Bonchev–Trinajstić information content (AvgIpc) is 3.20. The lowest BCUT2D eigenvalue weighted by molar-refractivity contribution is -0.000743. The van der Waals surface area contributed by atoms with Gasteiger partial charge in [-0.3, -0.25) is 0 Å². The van der Waals surface area contributed by atoms with E-state index in [9.17, 15) is 9.50 Å². The number of thiazole rings is 1. The van der Waals surface area contributed by atoms with Gasteiger partial charge in [-0.15, -0.1) is 11.3 Å². The molecule has 2 aliphatic rings. The van der Waals surface area contributed by atoms with Crippen LogP contribution >= 0.6 is 11.3 Å². The largest absolute Gasteiger partial charge is 0.383 e. The van der Waals surface area contributed by atoms with E-state index in [1.165, 1.54) is 23.0 Å². The zero-order chi connectivity index (χ0) is 24.3. The van der Waals surface area contributed by atoms with Crippen molar-refractivity contribution in [2.75, 3.05) is 0 Å². The van der Waals surface area contributed by atoms with Gasteiger partial charge in [0.15, 0.2) is 0 Å². The van der Waals surface area contributed by atoms with E-state index < -0.39 is 5.60 Å². The van der Waals surface area contributed by atoms with Crippen molar-refractivity contribution in [3.8, 4) is 11.3 Å². The zero-order valence-corrected chi connectivity index (χ0v) is 20.7. The molecule has 0 radical (unpaired) electrons. The third-order valence-corrected chi connectivity index (χ3v) is 7.97. The smallest absolute Gasteiger partial charge is 0.132 e. The molecule has 1 aliphatic heterocycles. The van der Waals surface area contributed by atoms with Crippen LogP contribution < -0.4 is 5.32 Å². The number of nitrogens with zero attached hydrogens (tertiary/aromatic N) is 2. The molecule has 1 atom stereocenters. The van der Waals surface area contributed by atoms with Gasteiger partial charge in [0, 0.05) is 11.6 Å². The van der Waals surface area contributed by atoms with Crippen molar-refractivity contribution in [2.45, 2.75) is 57.1 Å². The van der Waals surface area contributed by atoms with E-state index in [0.29, 0.717) is 29.1 Å². The minimum atomic E-state index is -0.963. The molecule has 35 heavy (non-hydrogen) atoms. The number of aliphatic hydroxyl groups is 1. The normalized spacial score (nSPS) is 18.4. The molecule has 0 amide bonds. The Balaban J connectivity index is 1.55. The number of aromatic nitrogens is 1. The molecule has 1 fully saturated rings. The number of hydrogen-bond acceptors (Lipinski definition) is 5. The Hall–Kier alpha value is -3.09. The topological polar surface area (TPSA) is 57.5 Å². The number of benzene rings is 2. The minimum absolute atomic E-state index is 0.0801. The van der Waals surface area contributed by atoms with Crippen LogP contribution in [-0.2, 0) is 5.60 Å². The molecule has 0 bridgehead atoms. The van der Waals surface area contributed by atoms with Crippen molar-refractivity contribution in [2.24, 2.45) is 4.99 Å². The maximum Gasteiger partial charge on any atom is 0.132 e. The predicted octanol–water partition coefficient (Wildman–Crippen LogP) is 7.04. The predicted molar refractivity (Wildman–Crippen MR) is 141 cm³/mol. The highest BCUT2D eigenvalue weighted by molar-refractivity contribution is 7.14. The van der Waals surface area contributed by atoms with Gasteiger partial charge in [0.05, 0.1) is 16.3 Å². The first-order valence-corrected chi connectivity index (χ1v) is 13.1. The Labute approximate surface area is 210 Å². The lowest BCUT2D eigenvalue weighted by atomic mass is 9.85. The molecule has 180 valence electrons. The molecule has 0 unspecified atom stereocenters. The number of hydrogen-bond donors (Lipinski definition) is 2. The van der Waals surface area contributed by atoms with Crippen molar-refractivity contribution in [3.63, 3.8) is 0 Å². The second kappa shape index (κ2) is 10.3. The van der Waals surface area contributed by atoms with Gasteiger partial charge >= 0.3 is 0 Å². The lowest BCUT2D eigenvalue weighted by Crippen LogP contribution is -2.28. The first-order valence-electron chi connectivity index (χ1n) is 12.3. The summed E-state index contributed by atoms with van der Waals surface area (Å²) in [6, 6.07) is 17.0. The van der Waals surface area contributed by atoms with Crippen LogP contribution in [0.1, 0.15) is 66.9 Å². The summed E-state index contributed by atoms with van der Waals surface area (Å²) < 4.78 is 14.9. The Morgan fingerprint density at radius 3 is 2.54 bits per heavy atom. The molecular formula is C29H30FN3OS. The van der Waals surface area contributed by atoms with Gasteiger partial charge in [-0.05, 0) is 56.0 Å². The standard InChI is InChI=1S/C29H30FN3OS/c1-20(21-12-4-2-5-13-21)31-25-17-9-8-16-24(32-25)27-26(22-14-6-7-15-23(22)30)33-28(35-27)29(34)18-10-3-11-19-29/h2,4-8,12-17,20,31,34H,3,9-11,18-19H2,1H3/t20-/m0/s1. The van der Waals surface area contributed by atoms with E-state index in [1.54, 1.807) is 12.1 Å². The maximum absolute atomic E-state index is 14.9. The number of aliphatic imine (C=N–C) groups is 1. The molecule has 1 aromatic heterocycles. The summed E-state index contributed by atoms with van der Waals surface area (Å²) in [5.41, 5.74) is 1.91. The van der Waals surface area contributed by atoms with Crippen LogP contribution in [0.5, 0.6) is 0 Å². The highest BCUT2D eigenvalue weighted by atomic mass is 32.1. The Kier molecular flexibility index (Phi) is 6.93. The second-order valence-corrected chi connectivity index (χ2v) is 10.3. The van der Waals surface area contributed by atoms with Gasteiger partial charge in [0.25, 0.3) is 0 Å².